The molecule has 0 aromatic heterocycles. The SMILES string of the molecule is CCCCC/C=C\C/C=C\CCCCCCCCOCC(CN(C)C)OCCCCC1CCC2(C)C(=CCC3C2CCC2(C)C(C(C)CCCC(C)C)CCC32)C1. The number of hydrogen-bond donors (Lipinski definition) is 0. The Morgan fingerprint density at radius 2 is 1.47 bits per heavy atom. The van der Waals surface area contributed by atoms with Crippen molar-refractivity contribution < 1.29 is 9.47 Å². The summed E-state index contributed by atoms with van der Waals surface area (Å²) in [6, 6.07) is 0. The first kappa shape index (κ1) is 48.8. The number of hydrogen-bond acceptors (Lipinski definition) is 3. The van der Waals surface area contributed by atoms with Crippen molar-refractivity contribution in [2.24, 2.45) is 52.3 Å². The van der Waals surface area contributed by atoms with E-state index in [0.717, 1.165) is 74.2 Å². The number of fused-ring (bicyclic) bond motifs is 5. The predicted octanol–water partition coefficient (Wildman–Crippen LogP) is 15.6. The standard InChI is InChI=1S/C54H97NO2/c1-9-10-11-12-13-14-15-16-17-18-19-20-21-22-23-25-39-56-43-48(42-55(7)8)57-40-26-24-30-46-35-37-53(5)47(41-46)31-32-49-51-34-33-50(45(4)29-27-28-44(2)3)54(51,6)38-36-52(49)53/h13-14,16-17,31,44-46,48-52H,9-12,15,18-30,32-43H2,1-8H3/b14-13-,17-16-. The zero-order chi connectivity index (χ0) is 40.9. The van der Waals surface area contributed by atoms with Crippen molar-refractivity contribution in [1.82, 2.24) is 4.90 Å². The molecule has 330 valence electrons. The fraction of sp³-hybridized carbons (Fsp3) is 0.889. The molecule has 4 aliphatic rings. The molecule has 57 heavy (non-hydrogen) atoms. The van der Waals surface area contributed by atoms with Crippen molar-refractivity contribution >= 4 is 0 Å². The van der Waals surface area contributed by atoms with Crippen LogP contribution in [0, 0.1) is 52.3 Å². The number of rotatable bonds is 30. The van der Waals surface area contributed by atoms with Crippen LogP contribution < -0.4 is 0 Å². The molecule has 0 amide bonds. The van der Waals surface area contributed by atoms with Gasteiger partial charge in [-0.15, -0.1) is 0 Å². The molecule has 0 saturated heterocycles. The highest BCUT2D eigenvalue weighted by Gasteiger charge is 2.59. The minimum atomic E-state index is 0.181. The molecule has 9 unspecified atom stereocenters. The maximum absolute atomic E-state index is 6.44. The summed E-state index contributed by atoms with van der Waals surface area (Å²) in [5, 5.41) is 0. The summed E-state index contributed by atoms with van der Waals surface area (Å²) in [4.78, 5) is 2.25. The van der Waals surface area contributed by atoms with Gasteiger partial charge >= 0.3 is 0 Å². The normalized spacial score (nSPS) is 29.9. The van der Waals surface area contributed by atoms with Crippen molar-refractivity contribution in [3.05, 3.63) is 36.0 Å². The summed E-state index contributed by atoms with van der Waals surface area (Å²) in [5.74, 6) is 6.46. The topological polar surface area (TPSA) is 21.7 Å². The van der Waals surface area contributed by atoms with Crippen molar-refractivity contribution in [1.29, 1.82) is 0 Å². The van der Waals surface area contributed by atoms with E-state index in [4.69, 9.17) is 9.47 Å². The van der Waals surface area contributed by atoms with Crippen LogP contribution in [0.25, 0.3) is 0 Å². The van der Waals surface area contributed by atoms with Gasteiger partial charge in [-0.3, -0.25) is 0 Å². The van der Waals surface area contributed by atoms with Crippen molar-refractivity contribution in [2.75, 3.05) is 40.5 Å². The summed E-state index contributed by atoms with van der Waals surface area (Å²) in [7, 11) is 4.31. The zero-order valence-corrected chi connectivity index (χ0v) is 39.5. The quantitative estimate of drug-likeness (QED) is 0.0534. The van der Waals surface area contributed by atoms with Gasteiger partial charge in [0.2, 0.25) is 0 Å². The number of likely N-dealkylation sites (N-methyl/N-ethyl adjacent to an activating group) is 1. The molecule has 0 spiro atoms. The first-order valence-corrected chi connectivity index (χ1v) is 25.4. The van der Waals surface area contributed by atoms with Crippen LogP contribution in [0.1, 0.15) is 208 Å². The fourth-order valence-electron chi connectivity index (χ4n) is 12.8. The minimum absolute atomic E-state index is 0.181. The molecular formula is C54H97NO2. The van der Waals surface area contributed by atoms with Gasteiger partial charge in [-0.1, -0.05) is 148 Å². The van der Waals surface area contributed by atoms with E-state index in [9.17, 15) is 0 Å². The second-order valence-electron chi connectivity index (χ2n) is 21.3. The van der Waals surface area contributed by atoms with Crippen LogP contribution in [0.5, 0.6) is 0 Å². The summed E-state index contributed by atoms with van der Waals surface area (Å²) >= 11 is 0. The summed E-state index contributed by atoms with van der Waals surface area (Å²) < 4.78 is 12.6. The Morgan fingerprint density at radius 3 is 2.21 bits per heavy atom. The molecule has 0 aliphatic heterocycles. The highest BCUT2D eigenvalue weighted by atomic mass is 16.5. The third-order valence-corrected chi connectivity index (χ3v) is 16.1. The van der Waals surface area contributed by atoms with Crippen molar-refractivity contribution in [3.8, 4) is 0 Å². The van der Waals surface area contributed by atoms with E-state index < -0.39 is 0 Å². The van der Waals surface area contributed by atoms with Gasteiger partial charge in [0.1, 0.15) is 0 Å². The molecule has 0 aromatic carbocycles. The molecule has 0 bridgehead atoms. The predicted molar refractivity (Wildman–Crippen MR) is 249 cm³/mol. The number of unbranched alkanes of at least 4 members (excludes halogenated alkanes) is 10. The summed E-state index contributed by atoms with van der Waals surface area (Å²) in [6.45, 7) is 18.6. The van der Waals surface area contributed by atoms with Crippen LogP contribution in [-0.4, -0.2) is 51.5 Å². The van der Waals surface area contributed by atoms with Gasteiger partial charge in [-0.25, -0.2) is 0 Å². The van der Waals surface area contributed by atoms with Crippen LogP contribution in [0.3, 0.4) is 0 Å². The monoisotopic (exact) mass is 792 g/mol. The third kappa shape index (κ3) is 15.8. The largest absolute Gasteiger partial charge is 0.379 e. The first-order valence-electron chi connectivity index (χ1n) is 25.4. The molecular weight excluding hydrogens is 695 g/mol. The fourth-order valence-corrected chi connectivity index (χ4v) is 12.8. The lowest BCUT2D eigenvalue weighted by Crippen LogP contribution is -2.50. The minimum Gasteiger partial charge on any atom is -0.379 e. The Labute approximate surface area is 356 Å². The van der Waals surface area contributed by atoms with Crippen LogP contribution in [0.2, 0.25) is 0 Å². The Morgan fingerprint density at radius 1 is 0.754 bits per heavy atom. The van der Waals surface area contributed by atoms with E-state index in [0.29, 0.717) is 10.8 Å². The lowest BCUT2D eigenvalue weighted by molar-refractivity contribution is -0.0531. The van der Waals surface area contributed by atoms with Gasteiger partial charge in [-0.2, -0.15) is 0 Å². The third-order valence-electron chi connectivity index (χ3n) is 16.1. The lowest BCUT2D eigenvalue weighted by atomic mass is 9.46. The Kier molecular flexibility index (Phi) is 22.6. The van der Waals surface area contributed by atoms with E-state index in [1.165, 1.54) is 161 Å². The molecule has 3 saturated carbocycles. The van der Waals surface area contributed by atoms with Crippen LogP contribution in [0.4, 0.5) is 0 Å². The second kappa shape index (κ2) is 26.4. The summed E-state index contributed by atoms with van der Waals surface area (Å²) in [5.41, 5.74) is 2.95. The molecule has 3 fully saturated rings. The molecule has 9 atom stereocenters. The zero-order valence-electron chi connectivity index (χ0n) is 39.5. The molecule has 0 aromatic rings. The Hall–Kier alpha value is -0.900. The second-order valence-corrected chi connectivity index (χ2v) is 21.3. The maximum Gasteiger partial charge on any atom is 0.0934 e. The highest BCUT2D eigenvalue weighted by molar-refractivity contribution is 5.25. The van der Waals surface area contributed by atoms with E-state index in [1.54, 1.807) is 0 Å². The van der Waals surface area contributed by atoms with Gasteiger partial charge in [-0.05, 0) is 163 Å². The van der Waals surface area contributed by atoms with E-state index in [2.05, 4.69) is 90.9 Å². The Bertz CT molecular complexity index is 1150. The van der Waals surface area contributed by atoms with Gasteiger partial charge in [0, 0.05) is 19.8 Å². The summed E-state index contributed by atoms with van der Waals surface area (Å²) in [6.07, 6.45) is 47.7. The number of allylic oxidation sites excluding steroid dienone is 6. The molecule has 3 heteroatoms. The first-order chi connectivity index (χ1) is 27.6. The van der Waals surface area contributed by atoms with Crippen molar-refractivity contribution in [2.45, 2.75) is 215 Å². The van der Waals surface area contributed by atoms with E-state index in [-0.39, 0.29) is 6.10 Å². The smallest absolute Gasteiger partial charge is 0.0934 e. The van der Waals surface area contributed by atoms with Gasteiger partial charge in [0.05, 0.1) is 12.7 Å². The van der Waals surface area contributed by atoms with Crippen LogP contribution in [0.15, 0.2) is 36.0 Å². The molecule has 0 N–H and O–H groups in total. The molecule has 4 rings (SSSR count). The lowest BCUT2D eigenvalue weighted by Gasteiger charge is -2.58. The van der Waals surface area contributed by atoms with E-state index in [1.807, 2.05) is 5.57 Å². The molecule has 0 heterocycles. The van der Waals surface area contributed by atoms with Crippen LogP contribution in [-0.2, 0) is 9.47 Å². The van der Waals surface area contributed by atoms with Crippen LogP contribution >= 0.6 is 0 Å². The average molecular weight is 792 g/mol. The molecule has 3 nitrogen and oxygen atoms in total. The Balaban J connectivity index is 1.05. The average Bonchev–Trinajstić information content (AvgIpc) is 3.54. The maximum atomic E-state index is 6.44. The van der Waals surface area contributed by atoms with Gasteiger partial charge < -0.3 is 14.4 Å². The van der Waals surface area contributed by atoms with E-state index >= 15 is 0 Å². The van der Waals surface area contributed by atoms with Gasteiger partial charge in [0.15, 0.2) is 0 Å². The van der Waals surface area contributed by atoms with Crippen molar-refractivity contribution in [3.63, 3.8) is 0 Å². The highest BCUT2D eigenvalue weighted by Crippen LogP contribution is 2.67. The molecule has 4 aliphatic carbocycles. The number of ether oxygens (including phenoxy) is 2. The molecule has 0 radical (unpaired) electrons. The van der Waals surface area contributed by atoms with Gasteiger partial charge in [0.25, 0.3) is 0 Å². The number of nitrogens with zero attached hydrogens (tertiary/aromatic N) is 1.